The van der Waals surface area contributed by atoms with Gasteiger partial charge >= 0.3 is 0 Å². The van der Waals surface area contributed by atoms with E-state index in [4.69, 9.17) is 9.47 Å². The molecule has 0 unspecified atom stereocenters. The number of ether oxygens (including phenoxy) is 2. The number of amides is 1. The van der Waals surface area contributed by atoms with Gasteiger partial charge < -0.3 is 14.8 Å². The maximum absolute atomic E-state index is 11.8. The second kappa shape index (κ2) is 4.70. The number of nitrogens with one attached hydrogen (secondary N) is 1. The van der Waals surface area contributed by atoms with Gasteiger partial charge in [0.15, 0.2) is 11.5 Å². The van der Waals surface area contributed by atoms with E-state index < -0.39 is 0 Å². The van der Waals surface area contributed by atoms with Crippen LogP contribution in [0.15, 0.2) is 24.4 Å². The number of fused-ring (bicyclic) bond motifs is 2. The van der Waals surface area contributed by atoms with Crippen molar-refractivity contribution < 1.29 is 14.3 Å². The van der Waals surface area contributed by atoms with Crippen LogP contribution < -0.4 is 14.8 Å². The van der Waals surface area contributed by atoms with Crippen LogP contribution in [0.25, 0.3) is 0 Å². The minimum absolute atomic E-state index is 0.00640. The molecule has 6 nitrogen and oxygen atoms in total. The topological polar surface area (TPSA) is 65.4 Å². The molecule has 1 amide bonds. The predicted molar refractivity (Wildman–Crippen MR) is 78.7 cm³/mol. The van der Waals surface area contributed by atoms with Gasteiger partial charge in [-0.2, -0.15) is 5.10 Å². The summed E-state index contributed by atoms with van der Waals surface area (Å²) in [7, 11) is 1.83. The largest absolute Gasteiger partial charge is 0.454 e. The van der Waals surface area contributed by atoms with Crippen LogP contribution in [0.3, 0.4) is 0 Å². The van der Waals surface area contributed by atoms with Gasteiger partial charge in [0.2, 0.25) is 12.7 Å². The molecule has 0 radical (unpaired) electrons. The summed E-state index contributed by atoms with van der Waals surface area (Å²) >= 11 is 1.58. The van der Waals surface area contributed by atoms with Crippen molar-refractivity contribution in [2.24, 2.45) is 7.05 Å². The van der Waals surface area contributed by atoms with E-state index in [-0.39, 0.29) is 18.0 Å². The van der Waals surface area contributed by atoms with E-state index in [1.165, 1.54) is 0 Å². The van der Waals surface area contributed by atoms with Gasteiger partial charge in [0, 0.05) is 12.6 Å². The smallest absolute Gasteiger partial charge is 0.235 e. The van der Waals surface area contributed by atoms with E-state index in [9.17, 15) is 4.79 Å². The molecular weight excluding hydrogens is 290 g/mol. The fourth-order valence-corrected chi connectivity index (χ4v) is 3.65. The highest BCUT2D eigenvalue weighted by atomic mass is 32.2. The van der Waals surface area contributed by atoms with Gasteiger partial charge in [-0.15, -0.1) is 11.8 Å². The summed E-state index contributed by atoms with van der Waals surface area (Å²) < 4.78 is 12.5. The van der Waals surface area contributed by atoms with E-state index in [0.29, 0.717) is 5.75 Å². The number of hydrogen-bond donors (Lipinski definition) is 1. The van der Waals surface area contributed by atoms with Crippen LogP contribution in [0.4, 0.5) is 5.82 Å². The highest BCUT2D eigenvalue weighted by Crippen LogP contribution is 2.44. The van der Waals surface area contributed by atoms with Gasteiger partial charge in [-0.25, -0.2) is 0 Å². The molecule has 2 aliphatic heterocycles. The van der Waals surface area contributed by atoms with Crippen molar-refractivity contribution in [3.05, 3.63) is 35.5 Å². The van der Waals surface area contributed by atoms with Crippen molar-refractivity contribution in [3.8, 4) is 11.5 Å². The number of aromatic nitrogens is 2. The van der Waals surface area contributed by atoms with Crippen LogP contribution >= 0.6 is 11.8 Å². The number of rotatable bonds is 1. The molecule has 0 saturated heterocycles. The lowest BCUT2D eigenvalue weighted by atomic mass is 10.1. The summed E-state index contributed by atoms with van der Waals surface area (Å²) in [5.74, 6) is 2.68. The van der Waals surface area contributed by atoms with E-state index in [1.807, 2.05) is 31.4 Å². The Hall–Kier alpha value is -2.15. The molecule has 1 N–H and O–H groups in total. The third-order valence-electron chi connectivity index (χ3n) is 3.59. The van der Waals surface area contributed by atoms with Gasteiger partial charge in [0.1, 0.15) is 5.82 Å². The predicted octanol–water partition coefficient (Wildman–Crippen LogP) is 1.92. The van der Waals surface area contributed by atoms with Gasteiger partial charge in [0.05, 0.1) is 17.2 Å². The van der Waals surface area contributed by atoms with E-state index in [2.05, 4.69) is 10.4 Å². The van der Waals surface area contributed by atoms with Gasteiger partial charge in [-0.05, 0) is 17.7 Å². The summed E-state index contributed by atoms with van der Waals surface area (Å²) in [5.41, 5.74) is 2.09. The Morgan fingerprint density at radius 2 is 2.24 bits per heavy atom. The Balaban J connectivity index is 1.79. The quantitative estimate of drug-likeness (QED) is 0.872. The Morgan fingerprint density at radius 1 is 1.38 bits per heavy atom. The van der Waals surface area contributed by atoms with Crippen LogP contribution in [-0.4, -0.2) is 28.2 Å². The molecule has 21 heavy (non-hydrogen) atoms. The number of hydrogen-bond acceptors (Lipinski definition) is 5. The number of benzene rings is 1. The summed E-state index contributed by atoms with van der Waals surface area (Å²) in [4.78, 5) is 11.8. The second-order valence-electron chi connectivity index (χ2n) is 4.92. The number of carbonyl (C=O) groups excluding carboxylic acids is 1. The Bertz CT molecular complexity index is 728. The average Bonchev–Trinajstić information content (AvgIpc) is 3.03. The highest BCUT2D eigenvalue weighted by Gasteiger charge is 2.28. The number of aryl methyl sites for hydroxylation is 1. The fourth-order valence-electron chi connectivity index (χ4n) is 2.57. The zero-order chi connectivity index (χ0) is 14.4. The molecule has 0 saturated carbocycles. The van der Waals surface area contributed by atoms with E-state index in [1.54, 1.807) is 16.4 Å². The van der Waals surface area contributed by atoms with Crippen molar-refractivity contribution in [2.45, 2.75) is 5.25 Å². The monoisotopic (exact) mass is 303 g/mol. The van der Waals surface area contributed by atoms with Crippen LogP contribution in [0.2, 0.25) is 0 Å². The van der Waals surface area contributed by atoms with Crippen molar-refractivity contribution in [1.82, 2.24) is 9.78 Å². The minimum atomic E-state index is -0.00640. The van der Waals surface area contributed by atoms with Crippen LogP contribution in [0.1, 0.15) is 16.4 Å². The normalized spacial score (nSPS) is 19.9. The van der Waals surface area contributed by atoms with E-state index in [0.717, 1.165) is 28.4 Å². The Morgan fingerprint density at radius 3 is 3.14 bits per heavy atom. The summed E-state index contributed by atoms with van der Waals surface area (Å²) in [6, 6.07) is 5.90. The molecule has 0 fully saturated rings. The zero-order valence-electron chi connectivity index (χ0n) is 11.3. The fraction of sp³-hybridized carbons (Fsp3) is 0.286. The molecule has 0 bridgehead atoms. The third-order valence-corrected chi connectivity index (χ3v) is 4.88. The number of thioether (sulfide) groups is 1. The number of anilines is 1. The lowest BCUT2D eigenvalue weighted by molar-refractivity contribution is -0.113. The molecule has 2 aromatic rings. The second-order valence-corrected chi connectivity index (χ2v) is 6.02. The van der Waals surface area contributed by atoms with Crippen molar-refractivity contribution in [1.29, 1.82) is 0 Å². The molecule has 1 aromatic heterocycles. The average molecular weight is 303 g/mol. The molecule has 3 heterocycles. The molecule has 0 spiro atoms. The maximum Gasteiger partial charge on any atom is 0.235 e. The van der Waals surface area contributed by atoms with Crippen LogP contribution in [0, 0.1) is 0 Å². The molecule has 108 valence electrons. The molecule has 7 heteroatoms. The highest BCUT2D eigenvalue weighted by molar-refractivity contribution is 8.00. The Kier molecular flexibility index (Phi) is 2.81. The van der Waals surface area contributed by atoms with Crippen molar-refractivity contribution >= 4 is 23.5 Å². The first kappa shape index (κ1) is 12.6. The third kappa shape index (κ3) is 2.04. The molecule has 1 atom stereocenters. The summed E-state index contributed by atoms with van der Waals surface area (Å²) in [5, 5.41) is 7.21. The first-order valence-electron chi connectivity index (χ1n) is 6.55. The summed E-state index contributed by atoms with van der Waals surface area (Å²) in [6.07, 6.45) is 1.81. The molecule has 4 rings (SSSR count). The molecule has 1 aromatic carbocycles. The van der Waals surface area contributed by atoms with Crippen LogP contribution in [-0.2, 0) is 11.8 Å². The summed E-state index contributed by atoms with van der Waals surface area (Å²) in [6.45, 7) is 0.259. The van der Waals surface area contributed by atoms with Gasteiger partial charge in [-0.1, -0.05) is 6.07 Å². The van der Waals surface area contributed by atoms with Gasteiger partial charge in [0.25, 0.3) is 0 Å². The first-order chi connectivity index (χ1) is 10.2. The zero-order valence-corrected chi connectivity index (χ0v) is 12.1. The number of nitrogens with zero attached hydrogens (tertiary/aromatic N) is 2. The molecule has 0 aliphatic carbocycles. The van der Waals surface area contributed by atoms with Crippen LogP contribution in [0.5, 0.6) is 11.5 Å². The molecule has 2 aliphatic rings. The van der Waals surface area contributed by atoms with Gasteiger partial charge in [-0.3, -0.25) is 9.48 Å². The first-order valence-corrected chi connectivity index (χ1v) is 7.60. The lowest BCUT2D eigenvalue weighted by Gasteiger charge is -2.14. The Labute approximate surface area is 125 Å². The van der Waals surface area contributed by atoms with Crippen molar-refractivity contribution in [2.75, 3.05) is 17.9 Å². The SMILES string of the molecule is Cn1ncc2c1NC(=O)CS[C@@H]2c1ccc2c(c1)OCO2. The molecular formula is C14H13N3O3S. The lowest BCUT2D eigenvalue weighted by Crippen LogP contribution is -2.15. The maximum atomic E-state index is 11.8. The standard InChI is InChI=1S/C14H13N3O3S/c1-17-14-9(5-15-17)13(21-6-12(18)16-14)8-2-3-10-11(4-8)20-7-19-10/h2-5,13H,6-7H2,1H3,(H,16,18)/t13-/m1/s1. The minimum Gasteiger partial charge on any atom is -0.454 e. The number of carbonyl (C=O) groups is 1. The van der Waals surface area contributed by atoms with E-state index >= 15 is 0 Å². The van der Waals surface area contributed by atoms with Crippen molar-refractivity contribution in [3.63, 3.8) is 0 Å².